The van der Waals surface area contributed by atoms with Crippen molar-refractivity contribution in [3.05, 3.63) is 64.7 Å². The molecule has 0 bridgehead atoms. The van der Waals surface area contributed by atoms with Gasteiger partial charge in [0.1, 0.15) is 0 Å². The number of nitro groups is 1. The summed E-state index contributed by atoms with van der Waals surface area (Å²) >= 11 is 0. The molecule has 0 amide bonds. The van der Waals surface area contributed by atoms with Crippen LogP contribution in [0, 0.1) is 10.1 Å². The minimum Gasteiger partial charge on any atom is -0.376 e. The second kappa shape index (κ2) is 6.60. The van der Waals surface area contributed by atoms with Gasteiger partial charge in [-0.2, -0.15) is 0 Å². The second-order valence-electron chi connectivity index (χ2n) is 5.83. The van der Waals surface area contributed by atoms with Crippen LogP contribution in [-0.2, 0) is 0 Å². The van der Waals surface area contributed by atoms with Crippen LogP contribution in [0.2, 0.25) is 0 Å². The van der Waals surface area contributed by atoms with Crippen LogP contribution in [0.1, 0.15) is 25.7 Å². The molecule has 2 atom stereocenters. The molecule has 1 aliphatic carbocycles. The van der Waals surface area contributed by atoms with Gasteiger partial charge in [0.15, 0.2) is 0 Å². The first kappa shape index (κ1) is 14.6. The van der Waals surface area contributed by atoms with Crippen molar-refractivity contribution in [3.63, 3.8) is 0 Å². The van der Waals surface area contributed by atoms with E-state index in [9.17, 15) is 10.1 Å². The number of hydrogen-bond donors (Lipinski definition) is 1. The number of benzene rings is 2. The van der Waals surface area contributed by atoms with Crippen LogP contribution in [0.25, 0.3) is 11.1 Å². The molecule has 0 radical (unpaired) electrons. The average Bonchev–Trinajstić information content (AvgIpc) is 2.57. The SMILES string of the molecule is O=[N+]([O-])[C@@H]1CCCC[C@H]1Nc1ccc(-c2ccccc2)cc1. The maximum Gasteiger partial charge on any atom is 0.232 e. The molecule has 0 saturated heterocycles. The second-order valence-corrected chi connectivity index (χ2v) is 5.83. The Kier molecular flexibility index (Phi) is 4.37. The van der Waals surface area contributed by atoms with E-state index in [2.05, 4.69) is 29.6 Å². The number of rotatable bonds is 4. The largest absolute Gasteiger partial charge is 0.376 e. The van der Waals surface area contributed by atoms with Crippen LogP contribution < -0.4 is 5.32 Å². The van der Waals surface area contributed by atoms with E-state index in [1.165, 1.54) is 5.56 Å². The Bertz CT molecular complexity index is 625. The van der Waals surface area contributed by atoms with Crippen molar-refractivity contribution in [2.75, 3.05) is 5.32 Å². The molecule has 1 aliphatic rings. The molecule has 4 nitrogen and oxygen atoms in total. The molecule has 2 aromatic rings. The Hall–Kier alpha value is -2.36. The lowest BCUT2D eigenvalue weighted by Gasteiger charge is -2.27. The van der Waals surface area contributed by atoms with Gasteiger partial charge < -0.3 is 5.32 Å². The molecule has 3 rings (SSSR count). The molecule has 0 aliphatic heterocycles. The summed E-state index contributed by atoms with van der Waals surface area (Å²) in [5, 5.41) is 14.5. The highest BCUT2D eigenvalue weighted by molar-refractivity contribution is 5.65. The van der Waals surface area contributed by atoms with Crippen LogP contribution in [0.15, 0.2) is 54.6 Å². The summed E-state index contributed by atoms with van der Waals surface area (Å²) in [6, 6.07) is 17.8. The van der Waals surface area contributed by atoms with E-state index in [0.29, 0.717) is 6.42 Å². The third-order valence-corrected chi connectivity index (χ3v) is 4.34. The van der Waals surface area contributed by atoms with Crippen molar-refractivity contribution in [2.45, 2.75) is 37.8 Å². The summed E-state index contributed by atoms with van der Waals surface area (Å²) in [5.74, 6) is 0. The van der Waals surface area contributed by atoms with Gasteiger partial charge in [0.2, 0.25) is 6.04 Å². The van der Waals surface area contributed by atoms with Crippen LogP contribution in [0.5, 0.6) is 0 Å². The van der Waals surface area contributed by atoms with Gasteiger partial charge in [0.05, 0.1) is 6.04 Å². The molecule has 0 unspecified atom stereocenters. The molecular formula is C18H20N2O2. The molecule has 0 spiro atoms. The van der Waals surface area contributed by atoms with Gasteiger partial charge in [0, 0.05) is 17.0 Å². The Morgan fingerprint density at radius 1 is 0.909 bits per heavy atom. The van der Waals surface area contributed by atoms with E-state index in [1.807, 2.05) is 30.3 Å². The highest BCUT2D eigenvalue weighted by Crippen LogP contribution is 2.26. The fraction of sp³-hybridized carbons (Fsp3) is 0.333. The topological polar surface area (TPSA) is 55.2 Å². The van der Waals surface area contributed by atoms with Crippen LogP contribution in [-0.4, -0.2) is 17.0 Å². The zero-order valence-corrected chi connectivity index (χ0v) is 12.4. The van der Waals surface area contributed by atoms with E-state index in [1.54, 1.807) is 0 Å². The third kappa shape index (κ3) is 3.27. The normalized spacial score (nSPS) is 21.3. The maximum atomic E-state index is 11.2. The van der Waals surface area contributed by atoms with Gasteiger partial charge in [-0.05, 0) is 36.1 Å². The number of anilines is 1. The first-order valence-corrected chi connectivity index (χ1v) is 7.79. The Morgan fingerprint density at radius 2 is 1.55 bits per heavy atom. The summed E-state index contributed by atoms with van der Waals surface area (Å²) in [7, 11) is 0. The molecule has 0 aromatic heterocycles. The van der Waals surface area contributed by atoms with Crippen LogP contribution in [0.4, 0.5) is 5.69 Å². The summed E-state index contributed by atoms with van der Waals surface area (Å²) in [5.41, 5.74) is 3.29. The predicted octanol–water partition coefficient (Wildman–Crippen LogP) is 4.35. The lowest BCUT2D eigenvalue weighted by molar-refractivity contribution is -0.527. The summed E-state index contributed by atoms with van der Waals surface area (Å²) in [4.78, 5) is 11.0. The van der Waals surface area contributed by atoms with E-state index in [0.717, 1.165) is 30.5 Å². The minimum atomic E-state index is -0.470. The van der Waals surface area contributed by atoms with Crippen molar-refractivity contribution in [1.29, 1.82) is 0 Å². The molecule has 114 valence electrons. The molecule has 1 saturated carbocycles. The Morgan fingerprint density at radius 3 is 2.23 bits per heavy atom. The molecule has 0 heterocycles. The zero-order valence-electron chi connectivity index (χ0n) is 12.4. The van der Waals surface area contributed by atoms with E-state index in [4.69, 9.17) is 0 Å². The van der Waals surface area contributed by atoms with E-state index >= 15 is 0 Å². The average molecular weight is 296 g/mol. The fourth-order valence-electron chi connectivity index (χ4n) is 3.14. The predicted molar refractivity (Wildman–Crippen MR) is 88.5 cm³/mol. The van der Waals surface area contributed by atoms with Crippen LogP contribution >= 0.6 is 0 Å². The minimum absolute atomic E-state index is 0.0636. The smallest absolute Gasteiger partial charge is 0.232 e. The van der Waals surface area contributed by atoms with Gasteiger partial charge in [-0.1, -0.05) is 48.9 Å². The molecule has 1 N–H and O–H groups in total. The van der Waals surface area contributed by atoms with Crippen LogP contribution in [0.3, 0.4) is 0 Å². The monoisotopic (exact) mass is 296 g/mol. The van der Waals surface area contributed by atoms with Gasteiger partial charge in [-0.3, -0.25) is 10.1 Å². The van der Waals surface area contributed by atoms with Crippen molar-refractivity contribution in [2.24, 2.45) is 0 Å². The summed E-state index contributed by atoms with van der Waals surface area (Å²) in [6.45, 7) is 0. The van der Waals surface area contributed by atoms with Gasteiger partial charge in [-0.25, -0.2) is 0 Å². The van der Waals surface area contributed by atoms with Crippen molar-refractivity contribution >= 4 is 5.69 Å². The van der Waals surface area contributed by atoms with Gasteiger partial charge >= 0.3 is 0 Å². The lowest BCUT2D eigenvalue weighted by Crippen LogP contribution is -2.41. The van der Waals surface area contributed by atoms with Crippen molar-refractivity contribution < 1.29 is 4.92 Å². The first-order chi connectivity index (χ1) is 10.7. The Labute approximate surface area is 130 Å². The molecule has 2 aromatic carbocycles. The highest BCUT2D eigenvalue weighted by Gasteiger charge is 2.33. The Balaban J connectivity index is 1.72. The molecular weight excluding hydrogens is 276 g/mol. The first-order valence-electron chi connectivity index (χ1n) is 7.79. The zero-order chi connectivity index (χ0) is 15.4. The van der Waals surface area contributed by atoms with Crippen molar-refractivity contribution in [1.82, 2.24) is 0 Å². The molecule has 1 fully saturated rings. The van der Waals surface area contributed by atoms with Gasteiger partial charge in [-0.15, -0.1) is 0 Å². The summed E-state index contributed by atoms with van der Waals surface area (Å²) < 4.78 is 0. The number of hydrogen-bond acceptors (Lipinski definition) is 3. The lowest BCUT2D eigenvalue weighted by atomic mass is 9.90. The molecule has 4 heteroatoms. The number of nitrogens with one attached hydrogen (secondary N) is 1. The quantitative estimate of drug-likeness (QED) is 0.674. The van der Waals surface area contributed by atoms with Crippen molar-refractivity contribution in [3.8, 4) is 11.1 Å². The third-order valence-electron chi connectivity index (χ3n) is 4.34. The standard InChI is InChI=1S/C18H20N2O2/c21-20(22)18-9-5-4-8-17(18)19-16-12-10-15(11-13-16)14-6-2-1-3-7-14/h1-3,6-7,10-13,17-19H,4-5,8-9H2/t17-,18-/m1/s1. The van der Waals surface area contributed by atoms with Gasteiger partial charge in [0.25, 0.3) is 0 Å². The number of nitrogens with zero attached hydrogens (tertiary/aromatic N) is 1. The fourth-order valence-corrected chi connectivity index (χ4v) is 3.14. The van der Waals surface area contributed by atoms with E-state index < -0.39 is 6.04 Å². The maximum absolute atomic E-state index is 11.2. The highest BCUT2D eigenvalue weighted by atomic mass is 16.6. The molecule has 22 heavy (non-hydrogen) atoms. The summed E-state index contributed by atoms with van der Waals surface area (Å²) in [6.07, 6.45) is 3.56. The van der Waals surface area contributed by atoms with E-state index in [-0.39, 0.29) is 11.0 Å².